The zero-order valence-electron chi connectivity index (χ0n) is 12.8. The third kappa shape index (κ3) is 3.66. The van der Waals surface area contributed by atoms with Crippen LogP contribution in [0.1, 0.15) is 17.5 Å². The predicted molar refractivity (Wildman–Crippen MR) is 86.5 cm³/mol. The van der Waals surface area contributed by atoms with Crippen LogP contribution in [0.25, 0.3) is 0 Å². The van der Waals surface area contributed by atoms with Crippen LogP contribution in [0.5, 0.6) is 0 Å². The standard InChI is InChI=1S/C19H19NO3/c21-13-17-11-18(20(17)12-15-7-3-1-4-8-15)19(22)23-14-16-9-5-2-6-10-16/h1-10,13,17-18H,11-12,14H2/t17-,18+/m1/s1. The number of rotatable bonds is 6. The van der Waals surface area contributed by atoms with Crippen molar-refractivity contribution in [1.29, 1.82) is 0 Å². The first-order chi connectivity index (χ1) is 11.3. The van der Waals surface area contributed by atoms with Gasteiger partial charge in [-0.1, -0.05) is 60.7 Å². The summed E-state index contributed by atoms with van der Waals surface area (Å²) in [6.07, 6.45) is 1.44. The summed E-state index contributed by atoms with van der Waals surface area (Å²) in [5.41, 5.74) is 2.04. The van der Waals surface area contributed by atoms with Gasteiger partial charge in [-0.15, -0.1) is 0 Å². The quantitative estimate of drug-likeness (QED) is 0.608. The number of ether oxygens (including phenoxy) is 1. The van der Waals surface area contributed by atoms with Gasteiger partial charge in [0.25, 0.3) is 0 Å². The third-order valence-corrected chi connectivity index (χ3v) is 4.15. The molecule has 0 unspecified atom stereocenters. The molecule has 1 aliphatic rings. The van der Waals surface area contributed by atoms with E-state index in [1.807, 2.05) is 65.6 Å². The van der Waals surface area contributed by atoms with Gasteiger partial charge in [-0.25, -0.2) is 0 Å². The normalized spacial score (nSPS) is 20.5. The first kappa shape index (κ1) is 15.4. The largest absolute Gasteiger partial charge is 0.460 e. The van der Waals surface area contributed by atoms with Crippen molar-refractivity contribution >= 4 is 12.3 Å². The monoisotopic (exact) mass is 309 g/mol. The molecule has 3 rings (SSSR count). The highest BCUT2D eigenvalue weighted by atomic mass is 16.5. The molecule has 0 saturated carbocycles. The van der Waals surface area contributed by atoms with Gasteiger partial charge in [0.2, 0.25) is 0 Å². The number of likely N-dealkylation sites (tertiary alicyclic amines) is 1. The second-order valence-corrected chi connectivity index (χ2v) is 5.71. The molecule has 118 valence electrons. The van der Waals surface area contributed by atoms with Crippen molar-refractivity contribution < 1.29 is 14.3 Å². The minimum absolute atomic E-state index is 0.204. The van der Waals surface area contributed by atoms with Crippen LogP contribution in [0.3, 0.4) is 0 Å². The summed E-state index contributed by atoms with van der Waals surface area (Å²) in [6, 6.07) is 18.9. The molecule has 0 N–H and O–H groups in total. The molecule has 23 heavy (non-hydrogen) atoms. The summed E-state index contributed by atoms with van der Waals surface area (Å²) in [6.45, 7) is 0.844. The molecule has 1 heterocycles. The number of esters is 1. The van der Waals surface area contributed by atoms with Crippen LogP contribution in [0.15, 0.2) is 60.7 Å². The molecule has 0 aliphatic carbocycles. The number of hydrogen-bond acceptors (Lipinski definition) is 4. The number of hydrogen-bond donors (Lipinski definition) is 0. The Morgan fingerprint density at radius 3 is 2.26 bits per heavy atom. The van der Waals surface area contributed by atoms with Crippen molar-refractivity contribution in [3.05, 3.63) is 71.8 Å². The first-order valence-corrected chi connectivity index (χ1v) is 7.73. The molecule has 4 heteroatoms. The average molecular weight is 309 g/mol. The van der Waals surface area contributed by atoms with E-state index in [4.69, 9.17) is 4.74 Å². The highest BCUT2D eigenvalue weighted by molar-refractivity contribution is 5.79. The van der Waals surface area contributed by atoms with Crippen LogP contribution >= 0.6 is 0 Å². The molecule has 0 aromatic heterocycles. The maximum Gasteiger partial charge on any atom is 0.323 e. The number of carbonyl (C=O) groups excluding carboxylic acids is 2. The van der Waals surface area contributed by atoms with Gasteiger partial charge in [-0.2, -0.15) is 0 Å². The number of benzene rings is 2. The molecule has 1 fully saturated rings. The number of aldehydes is 1. The summed E-state index contributed by atoms with van der Waals surface area (Å²) in [4.78, 5) is 25.3. The van der Waals surface area contributed by atoms with E-state index in [2.05, 4.69) is 0 Å². The Bertz CT molecular complexity index is 657. The van der Waals surface area contributed by atoms with Crippen LogP contribution in [-0.2, 0) is 27.5 Å². The summed E-state index contributed by atoms with van der Waals surface area (Å²) in [5, 5.41) is 0. The van der Waals surface area contributed by atoms with Gasteiger partial charge < -0.3 is 9.53 Å². The van der Waals surface area contributed by atoms with Crippen molar-refractivity contribution in [2.75, 3.05) is 0 Å². The van der Waals surface area contributed by atoms with Gasteiger partial charge in [0.05, 0.1) is 6.04 Å². The van der Waals surface area contributed by atoms with E-state index in [1.165, 1.54) is 0 Å². The maximum absolute atomic E-state index is 12.3. The molecular formula is C19H19NO3. The van der Waals surface area contributed by atoms with Crippen molar-refractivity contribution in [1.82, 2.24) is 4.90 Å². The van der Waals surface area contributed by atoms with E-state index in [1.54, 1.807) is 0 Å². The van der Waals surface area contributed by atoms with Gasteiger partial charge in [0.1, 0.15) is 18.9 Å². The molecule has 1 saturated heterocycles. The molecule has 2 atom stereocenters. The summed E-state index contributed by atoms with van der Waals surface area (Å²) in [5.74, 6) is -0.261. The second-order valence-electron chi connectivity index (χ2n) is 5.71. The van der Waals surface area contributed by atoms with E-state index in [-0.39, 0.29) is 24.7 Å². The fraction of sp³-hybridized carbons (Fsp3) is 0.263. The topological polar surface area (TPSA) is 46.6 Å². The fourth-order valence-corrected chi connectivity index (χ4v) is 2.80. The highest BCUT2D eigenvalue weighted by Crippen LogP contribution is 2.28. The van der Waals surface area contributed by atoms with Gasteiger partial charge in [0, 0.05) is 6.54 Å². The Kier molecular flexibility index (Phi) is 4.83. The molecule has 4 nitrogen and oxygen atoms in total. The lowest BCUT2D eigenvalue weighted by Gasteiger charge is -2.44. The zero-order chi connectivity index (χ0) is 16.1. The van der Waals surface area contributed by atoms with Crippen LogP contribution < -0.4 is 0 Å². The lowest BCUT2D eigenvalue weighted by molar-refractivity contribution is -0.161. The highest BCUT2D eigenvalue weighted by Gasteiger charge is 2.43. The van der Waals surface area contributed by atoms with E-state index < -0.39 is 0 Å². The van der Waals surface area contributed by atoms with E-state index in [0.29, 0.717) is 13.0 Å². The van der Waals surface area contributed by atoms with E-state index in [9.17, 15) is 9.59 Å². The van der Waals surface area contributed by atoms with Gasteiger partial charge in [-0.05, 0) is 17.5 Å². The molecule has 0 radical (unpaired) electrons. The Labute approximate surface area is 135 Å². The molecule has 0 amide bonds. The van der Waals surface area contributed by atoms with E-state index in [0.717, 1.165) is 17.4 Å². The maximum atomic E-state index is 12.3. The van der Waals surface area contributed by atoms with Crippen molar-refractivity contribution in [2.45, 2.75) is 31.7 Å². The zero-order valence-corrected chi connectivity index (χ0v) is 12.8. The fourth-order valence-electron chi connectivity index (χ4n) is 2.80. The van der Waals surface area contributed by atoms with Gasteiger partial charge >= 0.3 is 5.97 Å². The van der Waals surface area contributed by atoms with Crippen molar-refractivity contribution in [3.63, 3.8) is 0 Å². The number of carbonyl (C=O) groups is 2. The second kappa shape index (κ2) is 7.20. The minimum Gasteiger partial charge on any atom is -0.460 e. The summed E-state index contributed by atoms with van der Waals surface area (Å²) < 4.78 is 5.40. The predicted octanol–water partition coefficient (Wildman–Crippen LogP) is 2.57. The van der Waals surface area contributed by atoms with Crippen molar-refractivity contribution in [2.24, 2.45) is 0 Å². The van der Waals surface area contributed by atoms with Gasteiger partial charge in [0.15, 0.2) is 0 Å². The van der Waals surface area contributed by atoms with Crippen molar-refractivity contribution in [3.8, 4) is 0 Å². The van der Waals surface area contributed by atoms with Crippen LogP contribution in [0, 0.1) is 0 Å². The lowest BCUT2D eigenvalue weighted by Crippen LogP contribution is -2.59. The molecule has 2 aromatic rings. The van der Waals surface area contributed by atoms with E-state index >= 15 is 0 Å². The Hall–Kier alpha value is -2.46. The summed E-state index contributed by atoms with van der Waals surface area (Å²) >= 11 is 0. The molecule has 0 spiro atoms. The Morgan fingerprint density at radius 2 is 1.65 bits per heavy atom. The van der Waals surface area contributed by atoms with Gasteiger partial charge in [-0.3, -0.25) is 9.69 Å². The number of nitrogens with zero attached hydrogens (tertiary/aromatic N) is 1. The lowest BCUT2D eigenvalue weighted by atomic mass is 9.93. The molecule has 2 aromatic carbocycles. The summed E-state index contributed by atoms with van der Waals surface area (Å²) in [7, 11) is 0. The first-order valence-electron chi connectivity index (χ1n) is 7.73. The average Bonchev–Trinajstić information content (AvgIpc) is 2.59. The van der Waals surface area contributed by atoms with Crippen LogP contribution in [0.4, 0.5) is 0 Å². The molecule has 1 aliphatic heterocycles. The smallest absolute Gasteiger partial charge is 0.323 e. The Balaban J connectivity index is 1.59. The molecular weight excluding hydrogens is 290 g/mol. The third-order valence-electron chi connectivity index (χ3n) is 4.15. The molecule has 0 bridgehead atoms. The Morgan fingerprint density at radius 1 is 1.04 bits per heavy atom. The minimum atomic E-state index is -0.339. The SMILES string of the molecule is O=C[C@H]1C[C@@H](C(=O)OCc2ccccc2)N1Cc1ccccc1. The van der Waals surface area contributed by atoms with Crippen LogP contribution in [0.2, 0.25) is 0 Å². The van der Waals surface area contributed by atoms with Crippen LogP contribution in [-0.4, -0.2) is 29.2 Å².